The molecule has 0 bridgehead atoms. The number of phosphoric acid groups is 1. The number of hydrogen-bond donors (Lipinski definition) is 1. The zero-order valence-electron chi connectivity index (χ0n) is 39.8. The van der Waals surface area contributed by atoms with Crippen LogP contribution in [0.15, 0.2) is 53.0 Å². The quantitative estimate of drug-likeness (QED) is 0.0129. The van der Waals surface area contributed by atoms with E-state index in [0.29, 0.717) is 36.7 Å². The van der Waals surface area contributed by atoms with Crippen molar-refractivity contribution in [2.24, 2.45) is 0 Å². The first-order valence-electron chi connectivity index (χ1n) is 23.7. The summed E-state index contributed by atoms with van der Waals surface area (Å²) in [5.74, 6) is 1.57. The molecule has 0 radical (unpaired) electrons. The molecule has 0 aliphatic heterocycles. The molecule has 11 nitrogen and oxygen atoms in total. The van der Waals surface area contributed by atoms with Crippen LogP contribution in [0.2, 0.25) is 0 Å². The maximum absolute atomic E-state index is 12.7. The highest BCUT2D eigenvalue weighted by molar-refractivity contribution is 7.47. The molecule has 2 atom stereocenters. The van der Waals surface area contributed by atoms with Crippen LogP contribution in [-0.2, 0) is 50.3 Å². The fraction of sp³-hybridized carbons (Fsp3) is 0.700. The molecule has 0 saturated heterocycles. The summed E-state index contributed by atoms with van der Waals surface area (Å²) < 4.78 is 40.5. The first kappa shape index (κ1) is 56.9. The summed E-state index contributed by atoms with van der Waals surface area (Å²) in [5, 5.41) is 0. The average molecular weight is 891 g/mol. The van der Waals surface area contributed by atoms with E-state index in [9.17, 15) is 23.8 Å². The van der Waals surface area contributed by atoms with Gasteiger partial charge in [0, 0.05) is 32.1 Å². The van der Waals surface area contributed by atoms with Crippen molar-refractivity contribution in [2.45, 2.75) is 181 Å². The number of carbonyl (C=O) groups excluding carboxylic acids is 3. The Hall–Kier alpha value is -3.08. The van der Waals surface area contributed by atoms with Crippen LogP contribution in [0.25, 0.3) is 0 Å². The smallest absolute Gasteiger partial charge is 0.466 e. The topological polar surface area (TPSA) is 139 Å². The van der Waals surface area contributed by atoms with Crippen LogP contribution < -0.4 is 0 Å². The van der Waals surface area contributed by atoms with E-state index in [1.807, 2.05) is 45.4 Å². The predicted octanol–water partition coefficient (Wildman–Crippen LogP) is 12.3. The number of furan rings is 1. The lowest BCUT2D eigenvalue weighted by Gasteiger charge is -2.24. The summed E-state index contributed by atoms with van der Waals surface area (Å²) >= 11 is 0. The van der Waals surface area contributed by atoms with Crippen LogP contribution in [-0.4, -0.2) is 80.7 Å². The highest BCUT2D eigenvalue weighted by Crippen LogP contribution is 2.43. The Balaban J connectivity index is 2.39. The molecule has 1 unspecified atom stereocenters. The van der Waals surface area contributed by atoms with E-state index in [4.69, 9.17) is 22.9 Å². The van der Waals surface area contributed by atoms with Crippen LogP contribution in [0.4, 0.5) is 0 Å². The minimum atomic E-state index is -4.42. The zero-order valence-corrected chi connectivity index (χ0v) is 40.7. The zero-order chi connectivity index (χ0) is 45.9. The van der Waals surface area contributed by atoms with Crippen LogP contribution in [0.5, 0.6) is 0 Å². The highest BCUT2D eigenvalue weighted by Gasteiger charge is 2.27. The second-order valence-electron chi connectivity index (χ2n) is 17.4. The van der Waals surface area contributed by atoms with Crippen molar-refractivity contribution in [3.05, 3.63) is 71.3 Å². The molecular formula is C50H85NO10P+. The number of carbonyl (C=O) groups is 3. The summed E-state index contributed by atoms with van der Waals surface area (Å²) in [4.78, 5) is 47.3. The number of allylic oxidation sites excluding steroid dienone is 8. The van der Waals surface area contributed by atoms with Crippen molar-refractivity contribution in [2.75, 3.05) is 47.5 Å². The third kappa shape index (κ3) is 31.7. The number of likely N-dealkylation sites (N-methyl/N-ethyl adjacent to an activating group) is 1. The maximum atomic E-state index is 12.7. The Kier molecular flexibility index (Phi) is 32.4. The minimum absolute atomic E-state index is 0.00238. The predicted molar refractivity (Wildman–Crippen MR) is 251 cm³/mol. The number of phosphoric ester groups is 1. The van der Waals surface area contributed by atoms with Gasteiger partial charge in [0.2, 0.25) is 0 Å². The molecule has 354 valence electrons. The van der Waals surface area contributed by atoms with Gasteiger partial charge in [0.15, 0.2) is 11.9 Å². The number of unbranched alkanes of at least 4 members (excludes halogenated alkanes) is 12. The van der Waals surface area contributed by atoms with Crippen molar-refractivity contribution < 1.29 is 51.3 Å². The number of rotatable bonds is 39. The molecule has 0 saturated carbocycles. The third-order valence-corrected chi connectivity index (χ3v) is 11.5. The van der Waals surface area contributed by atoms with Crippen LogP contribution >= 0.6 is 7.82 Å². The second-order valence-corrected chi connectivity index (χ2v) is 18.9. The van der Waals surface area contributed by atoms with E-state index in [1.165, 1.54) is 55.4 Å². The summed E-state index contributed by atoms with van der Waals surface area (Å²) in [6.45, 7) is 8.47. The standard InChI is InChI=1S/C50H84NO10P/c1-8-10-27-33-45(52)34-29-23-19-15-13-12-14-16-22-26-32-38-50(54)60-46(42-59-62(55,56)58-40-39-51(5,6)7)41-57-49(53)37-31-25-21-18-17-20-24-30-36-48-44(4)43(3)47(61-48)35-28-11-9-2/h12-13,16,19,22-23,29,34,46H,8-11,14-15,17-18,20-21,24-28,30-33,35-42H2,1-7H3/p+1/b13-12-,22-16-,23-19-,34-29+/t46-/m1/s1. The SMILES string of the molecule is CCCCCC(=O)/C=C/C=C\C/C=C\C/C=C\CCCC(=O)O[C@H](COC(=O)CCCCCCCCCCc1oc(CCCCC)c(C)c1C)COP(=O)(O)OCC[N+](C)(C)C. The fourth-order valence-corrected chi connectivity index (χ4v) is 7.23. The van der Waals surface area contributed by atoms with Gasteiger partial charge in [-0.25, -0.2) is 4.57 Å². The minimum Gasteiger partial charge on any atom is -0.466 e. The molecule has 62 heavy (non-hydrogen) atoms. The molecule has 0 fully saturated rings. The van der Waals surface area contributed by atoms with Crippen molar-refractivity contribution in [1.82, 2.24) is 0 Å². The number of ketones is 1. The van der Waals surface area contributed by atoms with Crippen LogP contribution in [0.3, 0.4) is 0 Å². The highest BCUT2D eigenvalue weighted by atomic mass is 31.2. The number of quaternary nitrogens is 1. The second kappa shape index (κ2) is 35.3. The van der Waals surface area contributed by atoms with Crippen molar-refractivity contribution in [3.63, 3.8) is 0 Å². The Morgan fingerprint density at radius 2 is 1.21 bits per heavy atom. The van der Waals surface area contributed by atoms with Gasteiger partial charge in [-0.2, -0.15) is 0 Å². The fourth-order valence-electron chi connectivity index (χ4n) is 6.49. The number of esters is 2. The van der Waals surface area contributed by atoms with E-state index in [0.717, 1.165) is 76.4 Å². The Labute approximate surface area is 376 Å². The first-order valence-corrected chi connectivity index (χ1v) is 25.2. The van der Waals surface area contributed by atoms with Gasteiger partial charge in [0.1, 0.15) is 31.3 Å². The van der Waals surface area contributed by atoms with Gasteiger partial charge in [-0.15, -0.1) is 0 Å². The Morgan fingerprint density at radius 3 is 1.85 bits per heavy atom. The number of hydrogen-bond acceptors (Lipinski definition) is 9. The molecule has 1 N–H and O–H groups in total. The average Bonchev–Trinajstić information content (AvgIpc) is 3.48. The largest absolute Gasteiger partial charge is 0.472 e. The molecule has 1 heterocycles. The number of nitrogens with zero attached hydrogens (tertiary/aromatic N) is 1. The first-order chi connectivity index (χ1) is 29.7. The summed E-state index contributed by atoms with van der Waals surface area (Å²) in [7, 11) is 1.38. The van der Waals surface area contributed by atoms with Crippen molar-refractivity contribution in [3.8, 4) is 0 Å². The molecular weight excluding hydrogens is 806 g/mol. The Morgan fingerprint density at radius 1 is 0.661 bits per heavy atom. The van der Waals surface area contributed by atoms with Gasteiger partial charge in [-0.3, -0.25) is 23.4 Å². The van der Waals surface area contributed by atoms with E-state index in [1.54, 1.807) is 12.2 Å². The summed E-state index contributed by atoms with van der Waals surface area (Å²) in [6, 6.07) is 0. The molecule has 1 aromatic heterocycles. The van der Waals surface area contributed by atoms with Gasteiger partial charge < -0.3 is 23.3 Å². The maximum Gasteiger partial charge on any atom is 0.472 e. The van der Waals surface area contributed by atoms with Gasteiger partial charge in [0.05, 0.1) is 27.7 Å². The van der Waals surface area contributed by atoms with Crippen LogP contribution in [0.1, 0.15) is 171 Å². The lowest BCUT2D eigenvalue weighted by molar-refractivity contribution is -0.870. The number of ether oxygens (including phenoxy) is 2. The lowest BCUT2D eigenvalue weighted by atomic mass is 10.0. The molecule has 1 rings (SSSR count). The molecule has 0 aliphatic carbocycles. The molecule has 0 aromatic carbocycles. The van der Waals surface area contributed by atoms with Gasteiger partial charge in [-0.05, 0) is 82.4 Å². The Bertz CT molecular complexity index is 1540. The molecule has 1 aromatic rings. The lowest BCUT2D eigenvalue weighted by Crippen LogP contribution is -2.37. The van der Waals surface area contributed by atoms with Gasteiger partial charge in [-0.1, -0.05) is 121 Å². The number of aryl methyl sites for hydroxylation is 2. The van der Waals surface area contributed by atoms with Crippen molar-refractivity contribution >= 4 is 25.5 Å². The normalized spacial score (nSPS) is 13.8. The monoisotopic (exact) mass is 891 g/mol. The molecule has 12 heteroatoms. The van der Waals surface area contributed by atoms with Crippen LogP contribution in [0, 0.1) is 13.8 Å². The van der Waals surface area contributed by atoms with E-state index in [-0.39, 0.29) is 31.8 Å². The van der Waals surface area contributed by atoms with E-state index >= 15 is 0 Å². The molecule has 0 spiro atoms. The van der Waals surface area contributed by atoms with Crippen molar-refractivity contribution in [1.29, 1.82) is 0 Å². The van der Waals surface area contributed by atoms with E-state index in [2.05, 4.69) is 39.8 Å². The van der Waals surface area contributed by atoms with Gasteiger partial charge >= 0.3 is 19.8 Å². The summed E-state index contributed by atoms with van der Waals surface area (Å²) in [5.41, 5.74) is 2.65. The molecule has 0 aliphatic rings. The molecule has 0 amide bonds. The van der Waals surface area contributed by atoms with E-state index < -0.39 is 32.5 Å². The third-order valence-electron chi connectivity index (χ3n) is 10.5. The van der Waals surface area contributed by atoms with Gasteiger partial charge in [0.25, 0.3) is 0 Å². The summed E-state index contributed by atoms with van der Waals surface area (Å²) in [6.07, 6.45) is 35.4.